The number of ether oxygens (including phenoxy) is 1. The zero-order valence-electron chi connectivity index (χ0n) is 11.6. The maximum Gasteiger partial charge on any atom is 0.238 e. The molecule has 1 amide bonds. The van der Waals surface area contributed by atoms with Crippen molar-refractivity contribution in [1.29, 1.82) is 0 Å². The van der Waals surface area contributed by atoms with Gasteiger partial charge in [0.2, 0.25) is 5.91 Å². The van der Waals surface area contributed by atoms with E-state index in [1.165, 1.54) is 0 Å². The van der Waals surface area contributed by atoms with Gasteiger partial charge in [0, 0.05) is 29.8 Å². The zero-order chi connectivity index (χ0) is 14.4. The molecular weight excluding hydrogens is 322 g/mol. The quantitative estimate of drug-likeness (QED) is 0.847. The maximum absolute atomic E-state index is 11.8. The fourth-order valence-electron chi connectivity index (χ4n) is 2.08. The highest BCUT2D eigenvalue weighted by atomic mass is 79.9. The number of nitrogens with one attached hydrogen (secondary N) is 2. The van der Waals surface area contributed by atoms with Gasteiger partial charge in [0.15, 0.2) is 0 Å². The molecule has 1 aromatic rings. The van der Waals surface area contributed by atoms with Crippen LogP contribution in [0.4, 0.5) is 5.69 Å². The Bertz CT molecular complexity index is 439. The molecule has 6 heteroatoms. The van der Waals surface area contributed by atoms with Crippen LogP contribution in [-0.4, -0.2) is 56.7 Å². The monoisotopic (exact) mass is 341 g/mol. The summed E-state index contributed by atoms with van der Waals surface area (Å²) in [5.41, 5.74) is 0.800. The number of carbonyl (C=O) groups excluding carboxylic acids is 1. The minimum absolute atomic E-state index is 0.0449. The first-order chi connectivity index (χ1) is 9.63. The number of rotatable bonds is 5. The van der Waals surface area contributed by atoms with Crippen molar-refractivity contribution < 1.29 is 9.53 Å². The summed E-state index contributed by atoms with van der Waals surface area (Å²) in [4.78, 5) is 14.0. The van der Waals surface area contributed by atoms with Gasteiger partial charge >= 0.3 is 0 Å². The van der Waals surface area contributed by atoms with Crippen molar-refractivity contribution in [1.82, 2.24) is 10.2 Å². The van der Waals surface area contributed by atoms with E-state index in [2.05, 4.69) is 38.5 Å². The first-order valence-corrected chi connectivity index (χ1v) is 7.49. The Morgan fingerprint density at radius 1 is 1.45 bits per heavy atom. The third-order valence-corrected chi connectivity index (χ3v) is 3.66. The first kappa shape index (κ1) is 15.4. The highest BCUT2D eigenvalue weighted by molar-refractivity contribution is 9.10. The molecule has 0 spiro atoms. The number of anilines is 1. The van der Waals surface area contributed by atoms with Gasteiger partial charge in [0.1, 0.15) is 0 Å². The van der Waals surface area contributed by atoms with Crippen LogP contribution in [0.1, 0.15) is 0 Å². The third-order valence-electron chi connectivity index (χ3n) is 3.13. The lowest BCUT2D eigenvalue weighted by Gasteiger charge is -2.30. The van der Waals surface area contributed by atoms with E-state index in [9.17, 15) is 4.79 Å². The highest BCUT2D eigenvalue weighted by Crippen LogP contribution is 2.13. The van der Waals surface area contributed by atoms with E-state index < -0.39 is 0 Å². The molecule has 1 aliphatic heterocycles. The minimum Gasteiger partial charge on any atom is -0.374 e. The van der Waals surface area contributed by atoms with Crippen LogP contribution < -0.4 is 10.6 Å². The van der Waals surface area contributed by atoms with Crippen molar-refractivity contribution in [2.24, 2.45) is 0 Å². The molecule has 0 bridgehead atoms. The van der Waals surface area contributed by atoms with E-state index in [-0.39, 0.29) is 12.0 Å². The predicted octanol–water partition coefficient (Wildman–Crippen LogP) is 1.31. The van der Waals surface area contributed by atoms with Gasteiger partial charge < -0.3 is 20.3 Å². The van der Waals surface area contributed by atoms with Crippen LogP contribution in [0.25, 0.3) is 0 Å². The molecule has 0 saturated carbocycles. The fourth-order valence-corrected chi connectivity index (χ4v) is 2.34. The molecule has 0 aliphatic carbocycles. The van der Waals surface area contributed by atoms with Crippen molar-refractivity contribution in [3.8, 4) is 0 Å². The Labute approximate surface area is 127 Å². The van der Waals surface area contributed by atoms with Crippen LogP contribution in [0.2, 0.25) is 0 Å². The normalized spacial score (nSPS) is 19.8. The van der Waals surface area contributed by atoms with Crippen LogP contribution >= 0.6 is 15.9 Å². The van der Waals surface area contributed by atoms with Crippen molar-refractivity contribution in [2.75, 3.05) is 45.2 Å². The number of likely N-dealkylation sites (N-methyl/N-ethyl adjacent to an activating group) is 1. The molecular formula is C14H20BrN3O2. The molecule has 1 atom stereocenters. The zero-order valence-corrected chi connectivity index (χ0v) is 13.1. The molecule has 1 unspecified atom stereocenters. The van der Waals surface area contributed by atoms with Crippen LogP contribution in [0.15, 0.2) is 28.7 Å². The Balaban J connectivity index is 1.66. The summed E-state index contributed by atoms with van der Waals surface area (Å²) >= 11 is 3.36. The Kier molecular flexibility index (Phi) is 5.97. The summed E-state index contributed by atoms with van der Waals surface area (Å²) in [6.45, 7) is 3.62. The van der Waals surface area contributed by atoms with E-state index in [0.717, 1.165) is 29.9 Å². The summed E-state index contributed by atoms with van der Waals surface area (Å²) in [5.74, 6) is -0.0449. The molecule has 110 valence electrons. The van der Waals surface area contributed by atoms with Crippen LogP contribution in [0.5, 0.6) is 0 Å². The molecule has 1 fully saturated rings. The number of hydrogen-bond acceptors (Lipinski definition) is 4. The minimum atomic E-state index is -0.0449. The number of nitrogens with zero attached hydrogens (tertiary/aromatic N) is 1. The number of halogens is 1. The van der Waals surface area contributed by atoms with E-state index in [0.29, 0.717) is 13.1 Å². The number of carbonyl (C=O) groups is 1. The Morgan fingerprint density at radius 3 is 2.90 bits per heavy atom. The second-order valence-electron chi connectivity index (χ2n) is 4.94. The molecule has 0 aromatic heterocycles. The predicted molar refractivity (Wildman–Crippen MR) is 82.9 cm³/mol. The standard InChI is InChI=1S/C14H20BrN3O2/c1-18-6-7-20-13(10-18)8-16-9-14(19)17-12-4-2-11(15)3-5-12/h2-5,13,16H,6-10H2,1H3,(H,17,19). The summed E-state index contributed by atoms with van der Waals surface area (Å²) in [6, 6.07) is 7.52. The summed E-state index contributed by atoms with van der Waals surface area (Å²) in [5, 5.41) is 5.98. The van der Waals surface area contributed by atoms with Gasteiger partial charge in [0.25, 0.3) is 0 Å². The van der Waals surface area contributed by atoms with Crippen molar-refractivity contribution >= 4 is 27.5 Å². The number of amides is 1. The fraction of sp³-hybridized carbons (Fsp3) is 0.500. The average molecular weight is 342 g/mol. The van der Waals surface area contributed by atoms with Crippen molar-refractivity contribution in [2.45, 2.75) is 6.10 Å². The van der Waals surface area contributed by atoms with Crippen LogP contribution in [0.3, 0.4) is 0 Å². The maximum atomic E-state index is 11.8. The summed E-state index contributed by atoms with van der Waals surface area (Å²) in [6.07, 6.45) is 0.161. The second-order valence-corrected chi connectivity index (χ2v) is 5.86. The topological polar surface area (TPSA) is 53.6 Å². The number of benzene rings is 1. The smallest absolute Gasteiger partial charge is 0.238 e. The molecule has 1 aliphatic rings. The molecule has 2 N–H and O–H groups in total. The van der Waals surface area contributed by atoms with Crippen LogP contribution in [-0.2, 0) is 9.53 Å². The molecule has 0 radical (unpaired) electrons. The van der Waals surface area contributed by atoms with Gasteiger partial charge in [-0.25, -0.2) is 0 Å². The lowest BCUT2D eigenvalue weighted by Crippen LogP contribution is -2.45. The molecule has 1 aromatic carbocycles. The number of hydrogen-bond donors (Lipinski definition) is 2. The summed E-state index contributed by atoms with van der Waals surface area (Å²) < 4.78 is 6.61. The molecule has 1 saturated heterocycles. The Morgan fingerprint density at radius 2 is 2.20 bits per heavy atom. The SMILES string of the molecule is CN1CCOC(CNCC(=O)Nc2ccc(Br)cc2)C1. The number of morpholine rings is 1. The Hall–Kier alpha value is -0.950. The molecule has 2 rings (SSSR count). The van der Waals surface area contributed by atoms with Gasteiger partial charge in [0.05, 0.1) is 19.3 Å². The van der Waals surface area contributed by atoms with E-state index in [1.54, 1.807) is 0 Å². The third kappa shape index (κ3) is 5.20. The van der Waals surface area contributed by atoms with Gasteiger partial charge in [-0.05, 0) is 31.3 Å². The highest BCUT2D eigenvalue weighted by Gasteiger charge is 2.17. The van der Waals surface area contributed by atoms with Gasteiger partial charge in [-0.15, -0.1) is 0 Å². The largest absolute Gasteiger partial charge is 0.374 e. The van der Waals surface area contributed by atoms with Gasteiger partial charge in [-0.3, -0.25) is 4.79 Å². The van der Waals surface area contributed by atoms with E-state index >= 15 is 0 Å². The average Bonchev–Trinajstić information content (AvgIpc) is 2.41. The first-order valence-electron chi connectivity index (χ1n) is 6.70. The van der Waals surface area contributed by atoms with E-state index in [4.69, 9.17) is 4.74 Å². The van der Waals surface area contributed by atoms with E-state index in [1.807, 2.05) is 24.3 Å². The van der Waals surface area contributed by atoms with Crippen LogP contribution in [0, 0.1) is 0 Å². The van der Waals surface area contributed by atoms with Gasteiger partial charge in [-0.2, -0.15) is 0 Å². The lowest BCUT2D eigenvalue weighted by atomic mass is 10.3. The molecule has 5 nitrogen and oxygen atoms in total. The molecule has 20 heavy (non-hydrogen) atoms. The summed E-state index contributed by atoms with van der Waals surface area (Å²) in [7, 11) is 2.08. The lowest BCUT2D eigenvalue weighted by molar-refractivity contribution is -0.115. The molecule has 1 heterocycles. The van der Waals surface area contributed by atoms with Gasteiger partial charge in [-0.1, -0.05) is 15.9 Å². The van der Waals surface area contributed by atoms with Crippen molar-refractivity contribution in [3.05, 3.63) is 28.7 Å². The second kappa shape index (κ2) is 7.73. The van der Waals surface area contributed by atoms with Crippen molar-refractivity contribution in [3.63, 3.8) is 0 Å².